The highest BCUT2D eigenvalue weighted by atomic mass is 16.6. The quantitative estimate of drug-likeness (QED) is 0.904. The number of ether oxygens (including phenoxy) is 1. The second-order valence-electron chi connectivity index (χ2n) is 7.84. The van der Waals surface area contributed by atoms with Gasteiger partial charge in [-0.2, -0.15) is 5.10 Å². The zero-order chi connectivity index (χ0) is 18.7. The van der Waals surface area contributed by atoms with E-state index in [0.29, 0.717) is 6.54 Å². The van der Waals surface area contributed by atoms with E-state index in [9.17, 15) is 4.79 Å². The van der Waals surface area contributed by atoms with E-state index in [1.165, 1.54) is 0 Å². The third kappa shape index (κ3) is 4.56. The van der Waals surface area contributed by atoms with Crippen LogP contribution in [-0.2, 0) is 11.8 Å². The Morgan fingerprint density at radius 2 is 1.96 bits per heavy atom. The number of carbonyl (C=O) groups is 1. The van der Waals surface area contributed by atoms with E-state index in [1.807, 2.05) is 63.2 Å². The van der Waals surface area contributed by atoms with Gasteiger partial charge in [0.1, 0.15) is 11.4 Å². The highest BCUT2D eigenvalue weighted by Crippen LogP contribution is 2.33. The van der Waals surface area contributed by atoms with Gasteiger partial charge in [0.25, 0.3) is 0 Å². The van der Waals surface area contributed by atoms with E-state index < -0.39 is 5.60 Å². The molecule has 1 aromatic carbocycles. The Morgan fingerprint density at radius 1 is 1.23 bits per heavy atom. The van der Waals surface area contributed by atoms with Crippen LogP contribution in [0.25, 0.3) is 0 Å². The van der Waals surface area contributed by atoms with Crippen LogP contribution in [0.2, 0.25) is 0 Å². The van der Waals surface area contributed by atoms with Crippen molar-refractivity contribution in [2.45, 2.75) is 51.3 Å². The maximum Gasteiger partial charge on any atom is 0.410 e. The van der Waals surface area contributed by atoms with Crippen LogP contribution in [0.4, 0.5) is 10.6 Å². The van der Waals surface area contributed by atoms with E-state index in [0.717, 1.165) is 24.2 Å². The van der Waals surface area contributed by atoms with Crippen LogP contribution in [0.5, 0.6) is 0 Å². The van der Waals surface area contributed by atoms with Gasteiger partial charge in [0.05, 0.1) is 6.04 Å². The topological polar surface area (TPSA) is 59.4 Å². The monoisotopic (exact) mass is 356 g/mol. The summed E-state index contributed by atoms with van der Waals surface area (Å²) in [5, 5.41) is 7.90. The lowest BCUT2D eigenvalue weighted by Crippen LogP contribution is -2.46. The average Bonchev–Trinajstić information content (AvgIpc) is 2.99. The molecule has 2 atom stereocenters. The van der Waals surface area contributed by atoms with Crippen molar-refractivity contribution < 1.29 is 9.53 Å². The second-order valence-corrected chi connectivity index (χ2v) is 7.84. The molecule has 6 nitrogen and oxygen atoms in total. The number of aromatic nitrogens is 2. The fraction of sp³-hybridized carbons (Fsp3) is 0.500. The summed E-state index contributed by atoms with van der Waals surface area (Å²) in [5.41, 5.74) is 0.632. The standard InChI is InChI=1S/C20H28N4O2/c1-20(2,3)26-19(25)24-13-10-16(21-18-11-12-23(4)22-18)14-17(24)15-8-6-5-7-9-15/h5-9,11-12,16-17H,10,13-14H2,1-4H3,(H,21,22)/t16?,17-/m0/s1. The molecule has 1 fully saturated rings. The van der Waals surface area contributed by atoms with Crippen LogP contribution in [-0.4, -0.2) is 39.0 Å². The molecule has 26 heavy (non-hydrogen) atoms. The normalized spacial score (nSPS) is 20.7. The summed E-state index contributed by atoms with van der Waals surface area (Å²) >= 11 is 0. The number of likely N-dealkylation sites (tertiary alicyclic amines) is 1. The third-order valence-corrected chi connectivity index (χ3v) is 4.48. The van der Waals surface area contributed by atoms with Gasteiger partial charge in [0.2, 0.25) is 0 Å². The van der Waals surface area contributed by atoms with Crippen LogP contribution in [0.3, 0.4) is 0 Å². The van der Waals surface area contributed by atoms with E-state index in [1.54, 1.807) is 4.68 Å². The maximum atomic E-state index is 12.7. The first-order valence-corrected chi connectivity index (χ1v) is 9.12. The average molecular weight is 356 g/mol. The van der Waals surface area contributed by atoms with Crippen molar-refractivity contribution in [3.63, 3.8) is 0 Å². The second kappa shape index (κ2) is 7.40. The number of nitrogens with zero attached hydrogens (tertiary/aromatic N) is 3. The van der Waals surface area contributed by atoms with Crippen molar-refractivity contribution in [2.24, 2.45) is 7.05 Å². The molecule has 1 aliphatic rings. The van der Waals surface area contributed by atoms with Gasteiger partial charge in [-0.25, -0.2) is 4.79 Å². The largest absolute Gasteiger partial charge is 0.444 e. The van der Waals surface area contributed by atoms with Gasteiger partial charge < -0.3 is 15.0 Å². The molecule has 1 unspecified atom stereocenters. The van der Waals surface area contributed by atoms with Crippen molar-refractivity contribution in [1.82, 2.24) is 14.7 Å². The summed E-state index contributed by atoms with van der Waals surface area (Å²) in [5.74, 6) is 0.870. The van der Waals surface area contributed by atoms with Crippen molar-refractivity contribution in [1.29, 1.82) is 0 Å². The molecule has 1 amide bonds. The fourth-order valence-corrected chi connectivity index (χ4v) is 3.33. The smallest absolute Gasteiger partial charge is 0.410 e. The van der Waals surface area contributed by atoms with Crippen LogP contribution in [0, 0.1) is 0 Å². The zero-order valence-corrected chi connectivity index (χ0v) is 16.0. The number of nitrogens with one attached hydrogen (secondary N) is 1. The molecule has 3 rings (SSSR count). The number of hydrogen-bond acceptors (Lipinski definition) is 4. The molecule has 0 aliphatic carbocycles. The lowest BCUT2D eigenvalue weighted by Gasteiger charge is -2.40. The molecule has 0 saturated carbocycles. The zero-order valence-electron chi connectivity index (χ0n) is 16.0. The molecule has 6 heteroatoms. The number of rotatable bonds is 3. The molecule has 1 aliphatic heterocycles. The van der Waals surface area contributed by atoms with Gasteiger partial charge in [0, 0.05) is 31.9 Å². The molecule has 2 aromatic rings. The molecule has 2 heterocycles. The van der Waals surface area contributed by atoms with Crippen LogP contribution in [0.15, 0.2) is 42.6 Å². The number of benzene rings is 1. The van der Waals surface area contributed by atoms with E-state index in [2.05, 4.69) is 22.5 Å². The van der Waals surface area contributed by atoms with Crippen molar-refractivity contribution in [3.8, 4) is 0 Å². The Labute approximate surface area is 155 Å². The maximum absolute atomic E-state index is 12.7. The van der Waals surface area contributed by atoms with E-state index in [4.69, 9.17) is 4.74 Å². The highest BCUT2D eigenvalue weighted by Gasteiger charge is 2.35. The molecular formula is C20H28N4O2. The first kappa shape index (κ1) is 18.3. The minimum atomic E-state index is -0.499. The summed E-state index contributed by atoms with van der Waals surface area (Å²) in [7, 11) is 1.91. The first-order valence-electron chi connectivity index (χ1n) is 9.12. The Kier molecular flexibility index (Phi) is 5.20. The Morgan fingerprint density at radius 3 is 2.58 bits per heavy atom. The number of carbonyl (C=O) groups excluding carboxylic acids is 1. The fourth-order valence-electron chi connectivity index (χ4n) is 3.33. The highest BCUT2D eigenvalue weighted by molar-refractivity contribution is 5.69. The lowest BCUT2D eigenvalue weighted by atomic mass is 9.92. The van der Waals surface area contributed by atoms with Gasteiger partial charge in [-0.05, 0) is 39.2 Å². The van der Waals surface area contributed by atoms with Gasteiger partial charge in [-0.15, -0.1) is 0 Å². The number of amides is 1. The van der Waals surface area contributed by atoms with Crippen molar-refractivity contribution in [3.05, 3.63) is 48.2 Å². The molecule has 1 saturated heterocycles. The third-order valence-electron chi connectivity index (χ3n) is 4.48. The summed E-state index contributed by atoms with van der Waals surface area (Å²) in [6.07, 6.45) is 3.36. The SMILES string of the molecule is Cn1ccc(NC2CCN(C(=O)OC(C)(C)C)[C@H](c3ccccc3)C2)n1. The van der Waals surface area contributed by atoms with Crippen LogP contribution < -0.4 is 5.32 Å². The molecule has 1 N–H and O–H groups in total. The molecule has 0 spiro atoms. The van der Waals surface area contributed by atoms with Crippen molar-refractivity contribution >= 4 is 11.9 Å². The number of piperidine rings is 1. The Balaban J connectivity index is 1.77. The summed E-state index contributed by atoms with van der Waals surface area (Å²) < 4.78 is 7.42. The van der Waals surface area contributed by atoms with Gasteiger partial charge in [-0.1, -0.05) is 30.3 Å². The minimum absolute atomic E-state index is 0.0130. The lowest BCUT2D eigenvalue weighted by molar-refractivity contribution is 0.00856. The molecule has 0 bridgehead atoms. The summed E-state index contributed by atoms with van der Waals surface area (Å²) in [6.45, 7) is 6.35. The molecule has 0 radical (unpaired) electrons. The summed E-state index contributed by atoms with van der Waals surface area (Å²) in [4.78, 5) is 14.6. The molecule has 140 valence electrons. The van der Waals surface area contributed by atoms with E-state index in [-0.39, 0.29) is 18.2 Å². The number of anilines is 1. The van der Waals surface area contributed by atoms with Crippen LogP contribution >= 0.6 is 0 Å². The van der Waals surface area contributed by atoms with Gasteiger partial charge >= 0.3 is 6.09 Å². The van der Waals surface area contributed by atoms with E-state index >= 15 is 0 Å². The Bertz CT molecular complexity index is 736. The summed E-state index contributed by atoms with van der Waals surface area (Å²) in [6, 6.07) is 12.4. The number of aryl methyl sites for hydroxylation is 1. The van der Waals surface area contributed by atoms with Gasteiger partial charge in [0.15, 0.2) is 0 Å². The minimum Gasteiger partial charge on any atom is -0.444 e. The van der Waals surface area contributed by atoms with Crippen molar-refractivity contribution in [2.75, 3.05) is 11.9 Å². The van der Waals surface area contributed by atoms with Crippen LogP contribution in [0.1, 0.15) is 45.2 Å². The Hall–Kier alpha value is -2.50. The predicted octanol–water partition coefficient (Wildman–Crippen LogP) is 3.97. The molecular weight excluding hydrogens is 328 g/mol. The molecule has 1 aromatic heterocycles. The first-order chi connectivity index (χ1) is 12.3. The predicted molar refractivity (Wildman–Crippen MR) is 102 cm³/mol. The van der Waals surface area contributed by atoms with Gasteiger partial charge in [-0.3, -0.25) is 4.68 Å². The number of hydrogen-bond donors (Lipinski definition) is 1.